The lowest BCUT2D eigenvalue weighted by molar-refractivity contribution is 0.102. The molecule has 0 saturated carbocycles. The second-order valence-corrected chi connectivity index (χ2v) is 6.38. The van der Waals surface area contributed by atoms with Gasteiger partial charge in [0.2, 0.25) is 0 Å². The molecular weight excluding hydrogens is 286 g/mol. The molecule has 4 heteroatoms. The van der Waals surface area contributed by atoms with E-state index in [9.17, 15) is 9.90 Å². The molecule has 0 aliphatic rings. The van der Waals surface area contributed by atoms with Gasteiger partial charge in [-0.1, -0.05) is 44.5 Å². The van der Waals surface area contributed by atoms with E-state index in [1.54, 1.807) is 18.2 Å². The Morgan fingerprint density at radius 3 is 2.29 bits per heavy atom. The number of carbonyl (C=O) groups is 1. The SMILES string of the molecule is CC(C)(C)c1ccc(C(=O)Nc2cc(Cl)ccc2O)cc1. The van der Waals surface area contributed by atoms with Crippen LogP contribution in [0.15, 0.2) is 42.5 Å². The Morgan fingerprint density at radius 1 is 1.10 bits per heavy atom. The van der Waals surface area contributed by atoms with Gasteiger partial charge in [0.1, 0.15) is 5.75 Å². The maximum atomic E-state index is 12.2. The minimum Gasteiger partial charge on any atom is -0.506 e. The number of halogens is 1. The highest BCUT2D eigenvalue weighted by molar-refractivity contribution is 6.31. The zero-order chi connectivity index (χ0) is 15.6. The summed E-state index contributed by atoms with van der Waals surface area (Å²) in [6.45, 7) is 6.35. The highest BCUT2D eigenvalue weighted by Crippen LogP contribution is 2.27. The zero-order valence-electron chi connectivity index (χ0n) is 12.3. The molecule has 1 amide bonds. The molecule has 0 aliphatic heterocycles. The van der Waals surface area contributed by atoms with Gasteiger partial charge in [-0.25, -0.2) is 0 Å². The number of anilines is 1. The van der Waals surface area contributed by atoms with Crippen molar-refractivity contribution in [1.29, 1.82) is 0 Å². The van der Waals surface area contributed by atoms with Gasteiger partial charge in [0.25, 0.3) is 5.91 Å². The summed E-state index contributed by atoms with van der Waals surface area (Å²) in [7, 11) is 0. The third kappa shape index (κ3) is 3.76. The predicted molar refractivity (Wildman–Crippen MR) is 86.2 cm³/mol. The van der Waals surface area contributed by atoms with E-state index in [1.807, 2.05) is 12.1 Å². The van der Waals surface area contributed by atoms with E-state index in [-0.39, 0.29) is 17.1 Å². The molecule has 0 fully saturated rings. The van der Waals surface area contributed by atoms with Crippen LogP contribution in [0.4, 0.5) is 5.69 Å². The summed E-state index contributed by atoms with van der Waals surface area (Å²) < 4.78 is 0. The highest BCUT2D eigenvalue weighted by Gasteiger charge is 2.15. The van der Waals surface area contributed by atoms with Gasteiger partial charge in [0.05, 0.1) is 5.69 Å². The Kier molecular flexibility index (Phi) is 4.24. The molecule has 0 spiro atoms. The van der Waals surface area contributed by atoms with Crippen LogP contribution in [0.3, 0.4) is 0 Å². The largest absolute Gasteiger partial charge is 0.506 e. The fourth-order valence-corrected chi connectivity index (χ4v) is 2.10. The van der Waals surface area contributed by atoms with Crippen molar-refractivity contribution < 1.29 is 9.90 Å². The van der Waals surface area contributed by atoms with Crippen LogP contribution >= 0.6 is 11.6 Å². The van der Waals surface area contributed by atoms with Crippen LogP contribution in [0.2, 0.25) is 5.02 Å². The van der Waals surface area contributed by atoms with E-state index in [0.717, 1.165) is 5.56 Å². The molecule has 2 N–H and O–H groups in total. The second kappa shape index (κ2) is 5.78. The fraction of sp³-hybridized carbons (Fsp3) is 0.235. The summed E-state index contributed by atoms with van der Waals surface area (Å²) in [6.07, 6.45) is 0. The minimum atomic E-state index is -0.284. The third-order valence-electron chi connectivity index (χ3n) is 3.22. The first-order chi connectivity index (χ1) is 9.77. The van der Waals surface area contributed by atoms with Crippen LogP contribution < -0.4 is 5.32 Å². The molecule has 2 aromatic rings. The molecule has 2 rings (SSSR count). The molecule has 0 heterocycles. The lowest BCUT2D eigenvalue weighted by atomic mass is 9.87. The maximum absolute atomic E-state index is 12.2. The molecule has 21 heavy (non-hydrogen) atoms. The Morgan fingerprint density at radius 2 is 1.71 bits per heavy atom. The summed E-state index contributed by atoms with van der Waals surface area (Å²) in [5.41, 5.74) is 2.03. The van der Waals surface area contributed by atoms with Crippen LogP contribution in [-0.4, -0.2) is 11.0 Å². The first-order valence-electron chi connectivity index (χ1n) is 6.68. The molecule has 0 unspecified atom stereocenters. The number of aromatic hydroxyl groups is 1. The van der Waals surface area contributed by atoms with Crippen LogP contribution in [0, 0.1) is 0 Å². The molecule has 0 atom stereocenters. The maximum Gasteiger partial charge on any atom is 0.255 e. The molecule has 2 aromatic carbocycles. The Bertz CT molecular complexity index is 657. The van der Waals surface area contributed by atoms with Gasteiger partial charge in [-0.3, -0.25) is 4.79 Å². The summed E-state index contributed by atoms with van der Waals surface area (Å²) in [5.74, 6) is -0.299. The molecular formula is C17H18ClNO2. The average molecular weight is 304 g/mol. The van der Waals surface area contributed by atoms with Gasteiger partial charge >= 0.3 is 0 Å². The lowest BCUT2D eigenvalue weighted by Gasteiger charge is -2.19. The number of hydrogen-bond donors (Lipinski definition) is 2. The van der Waals surface area contributed by atoms with Crippen molar-refractivity contribution in [3.8, 4) is 5.75 Å². The highest BCUT2D eigenvalue weighted by atomic mass is 35.5. The normalized spacial score (nSPS) is 11.2. The molecule has 0 radical (unpaired) electrons. The smallest absolute Gasteiger partial charge is 0.255 e. The number of rotatable bonds is 2. The first kappa shape index (κ1) is 15.4. The van der Waals surface area contributed by atoms with Gasteiger partial charge in [-0.15, -0.1) is 0 Å². The van der Waals surface area contributed by atoms with Crippen molar-refractivity contribution in [1.82, 2.24) is 0 Å². The van der Waals surface area contributed by atoms with Gasteiger partial charge in [0.15, 0.2) is 0 Å². The van der Waals surface area contributed by atoms with Crippen molar-refractivity contribution in [2.45, 2.75) is 26.2 Å². The number of amides is 1. The summed E-state index contributed by atoms with van der Waals surface area (Å²) >= 11 is 5.85. The molecule has 0 aliphatic carbocycles. The van der Waals surface area contributed by atoms with Crippen LogP contribution in [0.25, 0.3) is 0 Å². The zero-order valence-corrected chi connectivity index (χ0v) is 13.0. The fourth-order valence-electron chi connectivity index (χ4n) is 1.92. The second-order valence-electron chi connectivity index (χ2n) is 5.94. The predicted octanol–water partition coefficient (Wildman–Crippen LogP) is 4.60. The van der Waals surface area contributed by atoms with Gasteiger partial charge in [0, 0.05) is 10.6 Å². The van der Waals surface area contributed by atoms with Crippen molar-refractivity contribution >= 4 is 23.2 Å². The van der Waals surface area contributed by atoms with Gasteiger partial charge in [-0.05, 0) is 41.3 Å². The van der Waals surface area contributed by atoms with E-state index >= 15 is 0 Å². The van der Waals surface area contributed by atoms with Crippen LogP contribution in [-0.2, 0) is 5.41 Å². The topological polar surface area (TPSA) is 49.3 Å². The van der Waals surface area contributed by atoms with Crippen molar-refractivity contribution in [2.24, 2.45) is 0 Å². The number of phenolic OH excluding ortho intramolecular Hbond substituents is 1. The Hall–Kier alpha value is -2.00. The molecule has 0 saturated heterocycles. The quantitative estimate of drug-likeness (QED) is 0.797. The average Bonchev–Trinajstić information content (AvgIpc) is 2.42. The first-order valence-corrected chi connectivity index (χ1v) is 7.05. The number of carbonyl (C=O) groups excluding carboxylic acids is 1. The van der Waals surface area contributed by atoms with E-state index in [2.05, 4.69) is 26.1 Å². The lowest BCUT2D eigenvalue weighted by Crippen LogP contribution is -2.14. The molecule has 3 nitrogen and oxygen atoms in total. The van der Waals surface area contributed by atoms with Gasteiger partial charge < -0.3 is 10.4 Å². The summed E-state index contributed by atoms with van der Waals surface area (Å²) in [5, 5.41) is 12.8. The van der Waals surface area contributed by atoms with Gasteiger partial charge in [-0.2, -0.15) is 0 Å². The van der Waals surface area contributed by atoms with E-state index in [4.69, 9.17) is 11.6 Å². The van der Waals surface area contributed by atoms with Crippen molar-refractivity contribution in [2.75, 3.05) is 5.32 Å². The van der Waals surface area contributed by atoms with Crippen molar-refractivity contribution in [3.05, 3.63) is 58.6 Å². The number of phenols is 1. The molecule has 0 bridgehead atoms. The standard InChI is InChI=1S/C17H18ClNO2/c1-17(2,3)12-6-4-11(5-7-12)16(21)19-14-10-13(18)8-9-15(14)20/h4-10,20H,1-3H3,(H,19,21). The summed E-state index contributed by atoms with van der Waals surface area (Å²) in [4.78, 5) is 12.2. The number of benzene rings is 2. The summed E-state index contributed by atoms with van der Waals surface area (Å²) in [6, 6.07) is 11.9. The van der Waals surface area contributed by atoms with Crippen molar-refractivity contribution in [3.63, 3.8) is 0 Å². The van der Waals surface area contributed by atoms with Crippen LogP contribution in [0.5, 0.6) is 5.75 Å². The van der Waals surface area contributed by atoms with E-state index in [1.165, 1.54) is 12.1 Å². The number of hydrogen-bond acceptors (Lipinski definition) is 2. The van der Waals surface area contributed by atoms with E-state index < -0.39 is 0 Å². The Balaban J connectivity index is 2.19. The van der Waals surface area contributed by atoms with Crippen LogP contribution in [0.1, 0.15) is 36.7 Å². The molecule has 0 aromatic heterocycles. The monoisotopic (exact) mass is 303 g/mol. The number of nitrogens with one attached hydrogen (secondary N) is 1. The van der Waals surface area contributed by atoms with E-state index in [0.29, 0.717) is 16.3 Å². The Labute approximate surface area is 129 Å². The molecule has 110 valence electrons. The minimum absolute atomic E-state index is 0.0148. The third-order valence-corrected chi connectivity index (χ3v) is 3.46.